The molecular weight excluding hydrogens is 340 g/mol. The van der Waals surface area contributed by atoms with Crippen LogP contribution in [-0.4, -0.2) is 12.0 Å². The zero-order chi connectivity index (χ0) is 13.2. The number of thiophene rings is 2. The summed E-state index contributed by atoms with van der Waals surface area (Å²) in [4.78, 5) is 5.62. The summed E-state index contributed by atoms with van der Waals surface area (Å²) >= 11 is 7.16. The van der Waals surface area contributed by atoms with Crippen LogP contribution in [0.4, 0.5) is 0 Å². The van der Waals surface area contributed by atoms with Crippen molar-refractivity contribution < 1.29 is 0 Å². The summed E-state index contributed by atoms with van der Waals surface area (Å²) in [5.41, 5.74) is 1.24. The van der Waals surface area contributed by atoms with Gasteiger partial charge in [0.05, 0.1) is 0 Å². The van der Waals surface area contributed by atoms with Crippen molar-refractivity contribution in [2.45, 2.75) is 12.5 Å². The lowest BCUT2D eigenvalue weighted by Gasteiger charge is -2.14. The molecule has 0 radical (unpaired) electrons. The second-order valence-electron chi connectivity index (χ2n) is 4.35. The number of hydrogen-bond acceptors (Lipinski definition) is 4. The van der Waals surface area contributed by atoms with E-state index in [1.165, 1.54) is 19.8 Å². The lowest BCUT2D eigenvalue weighted by molar-refractivity contribution is 0.601. The first kappa shape index (κ1) is 13.2. The summed E-state index contributed by atoms with van der Waals surface area (Å²) in [6, 6.07) is 6.98. The Labute approximate surface area is 128 Å². The minimum atomic E-state index is 0.348. The Morgan fingerprint density at radius 3 is 2.95 bits per heavy atom. The molecule has 0 fully saturated rings. The van der Waals surface area contributed by atoms with Crippen molar-refractivity contribution in [3.05, 3.63) is 50.9 Å². The lowest BCUT2D eigenvalue weighted by atomic mass is 10.1. The number of fused-ring (bicyclic) bond motifs is 1. The van der Waals surface area contributed by atoms with Crippen LogP contribution in [-0.2, 0) is 6.42 Å². The van der Waals surface area contributed by atoms with Crippen molar-refractivity contribution in [2.24, 2.45) is 0 Å². The quantitative estimate of drug-likeness (QED) is 0.740. The first-order chi connectivity index (χ1) is 9.26. The highest BCUT2D eigenvalue weighted by molar-refractivity contribution is 9.10. The molecule has 0 saturated carbocycles. The van der Waals surface area contributed by atoms with Gasteiger partial charge in [-0.3, -0.25) is 4.98 Å². The summed E-state index contributed by atoms with van der Waals surface area (Å²) in [7, 11) is 2.02. The molecule has 0 spiro atoms. The Morgan fingerprint density at radius 1 is 1.32 bits per heavy atom. The van der Waals surface area contributed by atoms with Gasteiger partial charge in [0.2, 0.25) is 0 Å². The maximum atomic E-state index is 4.23. The summed E-state index contributed by atoms with van der Waals surface area (Å²) in [5, 5.41) is 5.56. The SMILES string of the molecule is CNC(Cc1cncc(Br)c1)c1cc2sccc2s1. The van der Waals surface area contributed by atoms with Crippen LogP contribution < -0.4 is 5.32 Å². The molecule has 3 heterocycles. The van der Waals surface area contributed by atoms with Gasteiger partial charge in [0.15, 0.2) is 0 Å². The van der Waals surface area contributed by atoms with E-state index in [1.807, 2.05) is 42.1 Å². The monoisotopic (exact) mass is 352 g/mol. The fraction of sp³-hybridized carbons (Fsp3) is 0.214. The van der Waals surface area contributed by atoms with Crippen LogP contribution in [0.1, 0.15) is 16.5 Å². The average molecular weight is 353 g/mol. The molecule has 0 aromatic carbocycles. The van der Waals surface area contributed by atoms with E-state index in [1.54, 1.807) is 0 Å². The van der Waals surface area contributed by atoms with Crippen LogP contribution in [0.25, 0.3) is 9.40 Å². The zero-order valence-electron chi connectivity index (χ0n) is 10.4. The van der Waals surface area contributed by atoms with Gasteiger partial charge < -0.3 is 5.32 Å². The highest BCUT2D eigenvalue weighted by Crippen LogP contribution is 2.34. The molecule has 0 aliphatic heterocycles. The van der Waals surface area contributed by atoms with Crippen molar-refractivity contribution in [3.8, 4) is 0 Å². The second kappa shape index (κ2) is 5.71. The van der Waals surface area contributed by atoms with Gasteiger partial charge >= 0.3 is 0 Å². The Balaban J connectivity index is 1.86. The third kappa shape index (κ3) is 2.89. The number of nitrogens with zero attached hydrogens (tertiary/aromatic N) is 1. The van der Waals surface area contributed by atoms with Crippen LogP contribution in [0.5, 0.6) is 0 Å². The van der Waals surface area contributed by atoms with E-state index in [9.17, 15) is 0 Å². The van der Waals surface area contributed by atoms with E-state index in [0.717, 1.165) is 10.9 Å². The van der Waals surface area contributed by atoms with Crippen molar-refractivity contribution in [1.82, 2.24) is 10.3 Å². The highest BCUT2D eigenvalue weighted by atomic mass is 79.9. The fourth-order valence-electron chi connectivity index (χ4n) is 2.10. The molecule has 3 aromatic heterocycles. The third-order valence-corrected chi connectivity index (χ3v) is 5.69. The molecule has 1 atom stereocenters. The predicted octanol–water partition coefficient (Wildman–Crippen LogP) is 4.62. The average Bonchev–Trinajstić information content (AvgIpc) is 2.96. The van der Waals surface area contributed by atoms with Gasteiger partial charge in [-0.15, -0.1) is 22.7 Å². The minimum Gasteiger partial charge on any atom is -0.312 e. The van der Waals surface area contributed by atoms with Crippen LogP contribution in [0.3, 0.4) is 0 Å². The largest absolute Gasteiger partial charge is 0.312 e. The summed E-state index contributed by atoms with van der Waals surface area (Å²) in [6.45, 7) is 0. The fourth-order valence-corrected chi connectivity index (χ4v) is 4.75. The standard InChI is InChI=1S/C14H13BrN2S2/c1-16-11(5-9-4-10(15)8-17-7-9)13-6-14-12(19-13)2-3-18-14/h2-4,6-8,11,16H,5H2,1H3. The molecule has 0 aliphatic rings. The second-order valence-corrected chi connectivity index (χ2v) is 7.33. The minimum absolute atomic E-state index is 0.348. The van der Waals surface area contributed by atoms with Crippen LogP contribution in [0, 0.1) is 0 Å². The molecule has 0 saturated heterocycles. The van der Waals surface area contributed by atoms with Crippen LogP contribution >= 0.6 is 38.6 Å². The molecule has 98 valence electrons. The molecule has 1 unspecified atom stereocenters. The molecule has 3 aromatic rings. The van der Waals surface area contributed by atoms with Crippen LogP contribution in [0.2, 0.25) is 0 Å². The number of aromatic nitrogens is 1. The number of pyridine rings is 1. The van der Waals surface area contributed by atoms with Crippen molar-refractivity contribution in [2.75, 3.05) is 7.05 Å². The van der Waals surface area contributed by atoms with E-state index >= 15 is 0 Å². The molecule has 0 bridgehead atoms. The molecule has 0 amide bonds. The van der Waals surface area contributed by atoms with Crippen molar-refractivity contribution in [3.63, 3.8) is 0 Å². The Hall–Kier alpha value is -0.750. The van der Waals surface area contributed by atoms with Gasteiger partial charge in [-0.05, 0) is 58.5 Å². The van der Waals surface area contributed by atoms with Crippen LogP contribution in [0.15, 0.2) is 40.4 Å². The molecule has 5 heteroatoms. The van der Waals surface area contributed by atoms with Gasteiger partial charge in [0, 0.05) is 37.2 Å². The smallest absolute Gasteiger partial charge is 0.0454 e. The Bertz CT molecular complexity index is 661. The number of halogens is 1. The molecule has 0 aliphatic carbocycles. The molecule has 1 N–H and O–H groups in total. The summed E-state index contributed by atoms with van der Waals surface area (Å²) in [5.74, 6) is 0. The zero-order valence-corrected chi connectivity index (χ0v) is 13.6. The normalized spacial score (nSPS) is 12.9. The van der Waals surface area contributed by atoms with Crippen molar-refractivity contribution >= 4 is 48.0 Å². The molecular formula is C14H13BrN2S2. The van der Waals surface area contributed by atoms with Gasteiger partial charge in [-0.2, -0.15) is 0 Å². The first-order valence-electron chi connectivity index (χ1n) is 6.00. The van der Waals surface area contributed by atoms with Gasteiger partial charge in [0.1, 0.15) is 0 Å². The first-order valence-corrected chi connectivity index (χ1v) is 8.49. The number of nitrogens with one attached hydrogen (secondary N) is 1. The lowest BCUT2D eigenvalue weighted by Crippen LogP contribution is -2.17. The number of likely N-dealkylation sites (N-methyl/N-ethyl adjacent to an activating group) is 1. The molecule has 2 nitrogen and oxygen atoms in total. The third-order valence-electron chi connectivity index (χ3n) is 3.05. The van der Waals surface area contributed by atoms with Gasteiger partial charge in [-0.25, -0.2) is 0 Å². The maximum Gasteiger partial charge on any atom is 0.0454 e. The number of rotatable bonds is 4. The molecule has 3 rings (SSSR count). The van der Waals surface area contributed by atoms with Crippen molar-refractivity contribution in [1.29, 1.82) is 0 Å². The molecule has 19 heavy (non-hydrogen) atoms. The summed E-state index contributed by atoms with van der Waals surface area (Å²) < 4.78 is 3.80. The predicted molar refractivity (Wildman–Crippen MR) is 87.1 cm³/mol. The van der Waals surface area contributed by atoms with E-state index in [4.69, 9.17) is 0 Å². The Kier molecular flexibility index (Phi) is 3.98. The highest BCUT2D eigenvalue weighted by Gasteiger charge is 2.14. The van der Waals surface area contributed by atoms with Gasteiger partial charge in [-0.1, -0.05) is 0 Å². The van der Waals surface area contributed by atoms with E-state index in [-0.39, 0.29) is 0 Å². The van der Waals surface area contributed by atoms with Gasteiger partial charge in [0.25, 0.3) is 0 Å². The summed E-state index contributed by atoms with van der Waals surface area (Å²) in [6.07, 6.45) is 4.71. The topological polar surface area (TPSA) is 24.9 Å². The van der Waals surface area contributed by atoms with E-state index in [0.29, 0.717) is 6.04 Å². The Morgan fingerprint density at radius 2 is 2.21 bits per heavy atom. The maximum absolute atomic E-state index is 4.23. The van der Waals surface area contributed by atoms with E-state index < -0.39 is 0 Å². The number of hydrogen-bond donors (Lipinski definition) is 1. The van der Waals surface area contributed by atoms with E-state index in [2.05, 4.69) is 49.8 Å².